The second-order valence-corrected chi connectivity index (χ2v) is 2.91. The number of halogens is 3. The van der Waals surface area contributed by atoms with Gasteiger partial charge in [0.2, 0.25) is 5.91 Å². The summed E-state index contributed by atoms with van der Waals surface area (Å²) in [6, 6.07) is 0.777. The molecule has 4 nitrogen and oxygen atoms in total. The van der Waals surface area contributed by atoms with Crippen LogP contribution in [0.5, 0.6) is 0 Å². The first kappa shape index (κ1) is 12.8. The number of hydrogen-bond donors (Lipinski definition) is 2. The predicted octanol–water partition coefficient (Wildman–Crippen LogP) is 1.68. The van der Waals surface area contributed by atoms with Gasteiger partial charge in [-0.15, -0.1) is 0 Å². The number of nitrogens with one attached hydrogen (secondary N) is 1. The van der Waals surface area contributed by atoms with Gasteiger partial charge in [-0.05, 0) is 0 Å². The number of amides is 1. The summed E-state index contributed by atoms with van der Waals surface area (Å²) in [6.45, 7) is 0. The number of carboxylic acid groups (broad SMARTS) is 1. The molecule has 0 unspecified atom stereocenters. The second-order valence-electron chi connectivity index (χ2n) is 2.91. The molecule has 0 radical (unpaired) electrons. The molecule has 0 saturated carbocycles. The Kier molecular flexibility index (Phi) is 3.86. The van der Waals surface area contributed by atoms with Gasteiger partial charge in [-0.3, -0.25) is 4.79 Å². The highest BCUT2D eigenvalue weighted by molar-refractivity contribution is 6.02. The maximum Gasteiger partial charge on any atom is 0.328 e. The van der Waals surface area contributed by atoms with Crippen molar-refractivity contribution < 1.29 is 27.9 Å². The van der Waals surface area contributed by atoms with Crippen LogP contribution in [-0.2, 0) is 9.59 Å². The van der Waals surface area contributed by atoms with E-state index in [0.717, 1.165) is 0 Å². The molecular weight excluding hydrogens is 239 g/mol. The first-order valence-corrected chi connectivity index (χ1v) is 4.26. The van der Waals surface area contributed by atoms with E-state index in [9.17, 15) is 22.8 Å². The maximum absolute atomic E-state index is 13.0. The van der Waals surface area contributed by atoms with Crippen LogP contribution in [0.2, 0.25) is 0 Å². The summed E-state index contributed by atoms with van der Waals surface area (Å²) in [5, 5.41) is 9.96. The summed E-state index contributed by atoms with van der Waals surface area (Å²) in [6.07, 6.45) is 1.07. The molecule has 0 fully saturated rings. The van der Waals surface area contributed by atoms with Gasteiger partial charge in [-0.25, -0.2) is 18.0 Å². The van der Waals surface area contributed by atoms with Crippen LogP contribution in [0.4, 0.5) is 18.9 Å². The van der Waals surface area contributed by atoms with Gasteiger partial charge in [0, 0.05) is 24.3 Å². The van der Waals surface area contributed by atoms with Gasteiger partial charge in [0.25, 0.3) is 0 Å². The molecule has 0 heterocycles. The number of hydrogen-bond acceptors (Lipinski definition) is 2. The number of carboxylic acids is 1. The Morgan fingerprint density at radius 2 is 1.65 bits per heavy atom. The normalized spacial score (nSPS) is 10.5. The number of benzene rings is 1. The lowest BCUT2D eigenvalue weighted by Gasteiger charge is -2.05. The third-order valence-corrected chi connectivity index (χ3v) is 1.63. The molecule has 0 saturated heterocycles. The van der Waals surface area contributed by atoms with Gasteiger partial charge in [0.1, 0.15) is 11.5 Å². The Hall–Kier alpha value is -2.31. The molecule has 1 rings (SSSR count). The molecule has 0 aliphatic heterocycles. The molecule has 0 spiro atoms. The minimum Gasteiger partial charge on any atom is -0.478 e. The summed E-state index contributed by atoms with van der Waals surface area (Å²) in [5.74, 6) is -6.14. The Morgan fingerprint density at radius 3 is 2.12 bits per heavy atom. The van der Waals surface area contributed by atoms with Crippen LogP contribution in [0.1, 0.15) is 0 Å². The van der Waals surface area contributed by atoms with Crippen molar-refractivity contribution in [2.75, 3.05) is 5.32 Å². The first-order chi connectivity index (χ1) is 7.90. The van der Waals surface area contributed by atoms with Crippen molar-refractivity contribution in [2.24, 2.45) is 0 Å². The number of carbonyl (C=O) groups is 2. The SMILES string of the molecule is O=C(O)/C=C\C(=O)Nc1c(F)cc(F)cc1F. The highest BCUT2D eigenvalue weighted by Crippen LogP contribution is 2.19. The van der Waals surface area contributed by atoms with E-state index in [1.54, 1.807) is 5.32 Å². The fraction of sp³-hybridized carbons (Fsp3) is 0. The molecule has 17 heavy (non-hydrogen) atoms. The molecule has 0 bridgehead atoms. The van der Waals surface area contributed by atoms with E-state index in [1.807, 2.05) is 0 Å². The highest BCUT2D eigenvalue weighted by atomic mass is 19.1. The quantitative estimate of drug-likeness (QED) is 0.796. The topological polar surface area (TPSA) is 66.4 Å². The molecule has 7 heteroatoms. The van der Waals surface area contributed by atoms with Crippen molar-refractivity contribution in [3.8, 4) is 0 Å². The van der Waals surface area contributed by atoms with Crippen molar-refractivity contribution in [1.82, 2.24) is 0 Å². The fourth-order valence-electron chi connectivity index (χ4n) is 0.973. The van der Waals surface area contributed by atoms with Crippen LogP contribution in [0.15, 0.2) is 24.3 Å². The summed E-state index contributed by atoms with van der Waals surface area (Å²) in [5.41, 5.74) is -0.841. The second kappa shape index (κ2) is 5.15. The average molecular weight is 245 g/mol. The van der Waals surface area contributed by atoms with Crippen molar-refractivity contribution in [3.05, 3.63) is 41.7 Å². The molecule has 0 aliphatic carbocycles. The molecular formula is C10H6F3NO3. The predicted molar refractivity (Wildman–Crippen MR) is 51.7 cm³/mol. The van der Waals surface area contributed by atoms with Gasteiger partial charge >= 0.3 is 5.97 Å². The van der Waals surface area contributed by atoms with Crippen LogP contribution in [0.25, 0.3) is 0 Å². The molecule has 0 atom stereocenters. The zero-order valence-electron chi connectivity index (χ0n) is 8.21. The van der Waals surface area contributed by atoms with E-state index in [0.29, 0.717) is 24.3 Å². The fourth-order valence-corrected chi connectivity index (χ4v) is 0.973. The van der Waals surface area contributed by atoms with Gasteiger partial charge in [-0.1, -0.05) is 0 Å². The van der Waals surface area contributed by atoms with E-state index in [4.69, 9.17) is 5.11 Å². The Bertz CT molecular complexity index is 477. The maximum atomic E-state index is 13.0. The number of rotatable bonds is 3. The Morgan fingerprint density at radius 1 is 1.12 bits per heavy atom. The van der Waals surface area contributed by atoms with Gasteiger partial charge in [0.05, 0.1) is 0 Å². The third-order valence-electron chi connectivity index (χ3n) is 1.63. The molecule has 0 aliphatic rings. The van der Waals surface area contributed by atoms with Gasteiger partial charge in [-0.2, -0.15) is 0 Å². The summed E-state index contributed by atoms with van der Waals surface area (Å²) in [7, 11) is 0. The monoisotopic (exact) mass is 245 g/mol. The zero-order chi connectivity index (χ0) is 13.0. The molecule has 1 aromatic rings. The van der Waals surface area contributed by atoms with E-state index >= 15 is 0 Å². The van der Waals surface area contributed by atoms with E-state index < -0.39 is 35.0 Å². The minimum absolute atomic E-state index is 0.388. The number of aliphatic carboxylic acids is 1. The summed E-state index contributed by atoms with van der Waals surface area (Å²) in [4.78, 5) is 21.1. The van der Waals surface area contributed by atoms with E-state index in [1.165, 1.54) is 0 Å². The molecule has 0 aromatic heterocycles. The van der Waals surface area contributed by atoms with Crippen LogP contribution in [0, 0.1) is 17.5 Å². The van der Waals surface area contributed by atoms with Crippen LogP contribution < -0.4 is 5.32 Å². The number of anilines is 1. The van der Waals surface area contributed by atoms with Crippen LogP contribution in [0.3, 0.4) is 0 Å². The van der Waals surface area contributed by atoms with Crippen LogP contribution >= 0.6 is 0 Å². The third kappa shape index (κ3) is 3.63. The molecule has 1 amide bonds. The standard InChI is InChI=1S/C10H6F3NO3/c11-5-3-6(12)10(7(13)4-5)14-8(15)1-2-9(16)17/h1-4H,(H,14,15)(H,16,17)/b2-1-. The largest absolute Gasteiger partial charge is 0.478 e. The Balaban J connectivity index is 2.89. The number of carbonyl (C=O) groups excluding carboxylic acids is 1. The van der Waals surface area contributed by atoms with Crippen molar-refractivity contribution >= 4 is 17.6 Å². The summed E-state index contributed by atoms with van der Waals surface area (Å²) < 4.78 is 38.6. The average Bonchev–Trinajstić information content (AvgIpc) is 2.20. The first-order valence-electron chi connectivity index (χ1n) is 4.26. The van der Waals surface area contributed by atoms with E-state index in [-0.39, 0.29) is 0 Å². The van der Waals surface area contributed by atoms with Crippen LogP contribution in [-0.4, -0.2) is 17.0 Å². The molecule has 2 N–H and O–H groups in total. The lowest BCUT2D eigenvalue weighted by Crippen LogP contribution is -2.12. The molecule has 1 aromatic carbocycles. The van der Waals surface area contributed by atoms with E-state index in [2.05, 4.69) is 0 Å². The molecule has 90 valence electrons. The van der Waals surface area contributed by atoms with Gasteiger partial charge in [0.15, 0.2) is 11.6 Å². The lowest BCUT2D eigenvalue weighted by atomic mass is 10.2. The van der Waals surface area contributed by atoms with Gasteiger partial charge < -0.3 is 10.4 Å². The Labute approximate surface area is 93.4 Å². The smallest absolute Gasteiger partial charge is 0.328 e. The van der Waals surface area contributed by atoms with Crippen molar-refractivity contribution in [1.29, 1.82) is 0 Å². The minimum atomic E-state index is -1.39. The lowest BCUT2D eigenvalue weighted by molar-refractivity contribution is -0.131. The summed E-state index contributed by atoms with van der Waals surface area (Å²) >= 11 is 0. The highest BCUT2D eigenvalue weighted by Gasteiger charge is 2.13. The van der Waals surface area contributed by atoms with Crippen molar-refractivity contribution in [3.63, 3.8) is 0 Å². The van der Waals surface area contributed by atoms with Crippen molar-refractivity contribution in [2.45, 2.75) is 0 Å². The zero-order valence-corrected chi connectivity index (χ0v) is 8.21.